The van der Waals surface area contributed by atoms with Gasteiger partial charge in [0.2, 0.25) is 15.9 Å². The molecule has 1 aromatic heterocycles. The first-order valence-electron chi connectivity index (χ1n) is 9.69. The molecule has 2 atom stereocenters. The van der Waals surface area contributed by atoms with Crippen LogP contribution in [0.1, 0.15) is 44.1 Å². The molecule has 9 heteroatoms. The average Bonchev–Trinajstić information content (AvgIpc) is 3.00. The third-order valence-corrected chi connectivity index (χ3v) is 8.05. The number of sulfonamides is 1. The zero-order valence-corrected chi connectivity index (χ0v) is 17.2. The molecule has 2 saturated heterocycles. The lowest BCUT2D eigenvalue weighted by molar-refractivity contribution is -0.141. The van der Waals surface area contributed by atoms with Crippen LogP contribution in [-0.2, 0) is 14.8 Å². The highest BCUT2D eigenvalue weighted by atomic mass is 32.2. The Labute approximate surface area is 161 Å². The molecule has 0 saturated carbocycles. The minimum absolute atomic E-state index is 0.102. The molecule has 2 aliphatic rings. The third kappa shape index (κ3) is 3.90. The molecule has 2 N–H and O–H groups in total. The summed E-state index contributed by atoms with van der Waals surface area (Å²) in [5.74, 6) is 0.888. The van der Waals surface area contributed by atoms with Gasteiger partial charge < -0.3 is 15.2 Å². The Hall–Kier alpha value is -1.45. The summed E-state index contributed by atoms with van der Waals surface area (Å²) in [6.45, 7) is 7.33. The van der Waals surface area contributed by atoms with Crippen molar-refractivity contribution in [3.63, 3.8) is 0 Å². The Bertz CT molecular complexity index is 764. The van der Waals surface area contributed by atoms with E-state index in [1.165, 1.54) is 4.31 Å². The smallest absolute Gasteiger partial charge is 0.248 e. The zero-order valence-electron chi connectivity index (χ0n) is 16.3. The Kier molecular flexibility index (Phi) is 5.93. The van der Waals surface area contributed by atoms with Crippen LogP contribution in [0, 0.1) is 25.7 Å². The fourth-order valence-corrected chi connectivity index (χ4v) is 6.08. The van der Waals surface area contributed by atoms with E-state index in [4.69, 9.17) is 10.3 Å². The molecule has 2 unspecified atom stereocenters. The molecule has 0 radical (unpaired) electrons. The van der Waals surface area contributed by atoms with Gasteiger partial charge in [0, 0.05) is 38.1 Å². The molecule has 2 aliphatic heterocycles. The normalized spacial score (nSPS) is 25.7. The molecule has 1 amide bonds. The predicted octanol–water partition coefficient (Wildman–Crippen LogP) is 1.28. The maximum atomic E-state index is 13.0. The minimum atomic E-state index is -3.64. The van der Waals surface area contributed by atoms with E-state index in [1.807, 2.05) is 4.90 Å². The van der Waals surface area contributed by atoms with Crippen LogP contribution in [0.4, 0.5) is 0 Å². The van der Waals surface area contributed by atoms with Crippen molar-refractivity contribution in [2.24, 2.45) is 17.6 Å². The van der Waals surface area contributed by atoms with Gasteiger partial charge in [-0.3, -0.25) is 4.79 Å². The van der Waals surface area contributed by atoms with Crippen molar-refractivity contribution in [1.29, 1.82) is 0 Å². The number of amides is 1. The van der Waals surface area contributed by atoms with Crippen LogP contribution >= 0.6 is 0 Å². The maximum Gasteiger partial charge on any atom is 0.248 e. The summed E-state index contributed by atoms with van der Waals surface area (Å²) in [5, 5.41) is 3.75. The van der Waals surface area contributed by atoms with Crippen LogP contribution < -0.4 is 5.73 Å². The Balaban J connectivity index is 1.66. The van der Waals surface area contributed by atoms with Gasteiger partial charge in [-0.15, -0.1) is 0 Å². The number of nitrogens with zero attached hydrogens (tertiary/aromatic N) is 3. The van der Waals surface area contributed by atoms with E-state index in [1.54, 1.807) is 13.8 Å². The molecular formula is C18H30N4O4S. The van der Waals surface area contributed by atoms with Crippen molar-refractivity contribution in [3.05, 3.63) is 11.5 Å². The number of piperidine rings is 2. The van der Waals surface area contributed by atoms with Gasteiger partial charge in [0.05, 0.1) is 0 Å². The fourth-order valence-electron chi connectivity index (χ4n) is 4.31. The topological polar surface area (TPSA) is 110 Å². The van der Waals surface area contributed by atoms with E-state index in [0.717, 1.165) is 19.4 Å². The molecule has 3 rings (SSSR count). The summed E-state index contributed by atoms with van der Waals surface area (Å²) in [7, 11) is -3.64. The number of carbonyl (C=O) groups excluding carboxylic acids is 1. The van der Waals surface area contributed by atoms with Crippen molar-refractivity contribution >= 4 is 15.9 Å². The van der Waals surface area contributed by atoms with Crippen molar-refractivity contribution in [1.82, 2.24) is 14.4 Å². The Morgan fingerprint density at radius 1 is 1.22 bits per heavy atom. The standard InChI is InChI=1S/C18H30N4O4S/c1-12-4-9-22(16(10-12)11-19)18(23)15-5-7-21(8-6-15)27(24,25)17-13(2)20-26-14(17)3/h12,15-16H,4-11,19H2,1-3H3. The second-order valence-electron chi connectivity index (χ2n) is 7.88. The summed E-state index contributed by atoms with van der Waals surface area (Å²) in [5.41, 5.74) is 6.26. The number of carbonyl (C=O) groups is 1. The monoisotopic (exact) mass is 398 g/mol. The van der Waals surface area contributed by atoms with E-state index >= 15 is 0 Å². The van der Waals surface area contributed by atoms with Gasteiger partial charge in [0.1, 0.15) is 10.6 Å². The first-order chi connectivity index (χ1) is 12.8. The summed E-state index contributed by atoms with van der Waals surface area (Å²) in [6, 6.07) is 0.102. The largest absolute Gasteiger partial charge is 0.360 e. The lowest BCUT2D eigenvalue weighted by Gasteiger charge is -2.41. The molecule has 0 aromatic carbocycles. The molecule has 0 bridgehead atoms. The van der Waals surface area contributed by atoms with Gasteiger partial charge in [-0.1, -0.05) is 12.1 Å². The maximum absolute atomic E-state index is 13.0. The van der Waals surface area contributed by atoms with E-state index in [-0.39, 0.29) is 22.8 Å². The van der Waals surface area contributed by atoms with Crippen LogP contribution in [0.15, 0.2) is 9.42 Å². The predicted molar refractivity (Wildman–Crippen MR) is 100 cm³/mol. The van der Waals surface area contributed by atoms with E-state index in [9.17, 15) is 13.2 Å². The minimum Gasteiger partial charge on any atom is -0.360 e. The van der Waals surface area contributed by atoms with Gasteiger partial charge in [0.25, 0.3) is 0 Å². The molecule has 8 nitrogen and oxygen atoms in total. The molecule has 3 heterocycles. The van der Waals surface area contributed by atoms with Crippen molar-refractivity contribution in [2.75, 3.05) is 26.2 Å². The van der Waals surface area contributed by atoms with Crippen LogP contribution in [0.25, 0.3) is 0 Å². The molecule has 152 valence electrons. The van der Waals surface area contributed by atoms with Gasteiger partial charge in [-0.2, -0.15) is 4.31 Å². The highest BCUT2D eigenvalue weighted by Gasteiger charge is 2.38. The number of hydrogen-bond acceptors (Lipinski definition) is 6. The molecule has 0 spiro atoms. The van der Waals surface area contributed by atoms with E-state index in [2.05, 4.69) is 12.1 Å². The quantitative estimate of drug-likeness (QED) is 0.818. The van der Waals surface area contributed by atoms with E-state index in [0.29, 0.717) is 49.8 Å². The molecule has 2 fully saturated rings. The third-order valence-electron chi connectivity index (χ3n) is 5.90. The highest BCUT2D eigenvalue weighted by Crippen LogP contribution is 2.30. The highest BCUT2D eigenvalue weighted by molar-refractivity contribution is 7.89. The number of hydrogen-bond donors (Lipinski definition) is 1. The molecule has 1 aromatic rings. The lowest BCUT2D eigenvalue weighted by Crippen LogP contribution is -2.52. The number of nitrogens with two attached hydrogens (primary N) is 1. The summed E-state index contributed by atoms with van der Waals surface area (Å²) < 4.78 is 32.3. The second-order valence-corrected chi connectivity index (χ2v) is 9.76. The van der Waals surface area contributed by atoms with Crippen LogP contribution in [0.3, 0.4) is 0 Å². The van der Waals surface area contributed by atoms with Gasteiger partial charge in [-0.05, 0) is 45.4 Å². The first-order valence-corrected chi connectivity index (χ1v) is 11.1. The van der Waals surface area contributed by atoms with Gasteiger partial charge >= 0.3 is 0 Å². The zero-order chi connectivity index (χ0) is 19.8. The second kappa shape index (κ2) is 7.89. The summed E-state index contributed by atoms with van der Waals surface area (Å²) >= 11 is 0. The van der Waals surface area contributed by atoms with Crippen LogP contribution in [0.5, 0.6) is 0 Å². The SMILES string of the molecule is Cc1noc(C)c1S(=O)(=O)N1CCC(C(=O)N2CCC(C)CC2CN)CC1. The fraction of sp³-hybridized carbons (Fsp3) is 0.778. The molecule has 27 heavy (non-hydrogen) atoms. The Morgan fingerprint density at radius 3 is 2.44 bits per heavy atom. The average molecular weight is 399 g/mol. The number of aryl methyl sites for hydroxylation is 2. The van der Waals surface area contributed by atoms with Gasteiger partial charge in [0.15, 0.2) is 5.76 Å². The lowest BCUT2D eigenvalue weighted by atomic mass is 9.89. The van der Waals surface area contributed by atoms with Crippen molar-refractivity contribution in [3.8, 4) is 0 Å². The number of likely N-dealkylation sites (tertiary alicyclic amines) is 1. The Morgan fingerprint density at radius 2 is 1.89 bits per heavy atom. The van der Waals surface area contributed by atoms with Crippen molar-refractivity contribution < 1.29 is 17.7 Å². The van der Waals surface area contributed by atoms with Gasteiger partial charge in [-0.25, -0.2) is 8.42 Å². The number of rotatable bonds is 4. The van der Waals surface area contributed by atoms with Crippen molar-refractivity contribution in [2.45, 2.75) is 57.4 Å². The van der Waals surface area contributed by atoms with Crippen LogP contribution in [0.2, 0.25) is 0 Å². The van der Waals surface area contributed by atoms with Crippen LogP contribution in [-0.4, -0.2) is 60.9 Å². The first kappa shape index (κ1) is 20.3. The summed E-state index contributed by atoms with van der Waals surface area (Å²) in [4.78, 5) is 15.1. The molecular weight excluding hydrogens is 368 g/mol. The molecule has 0 aliphatic carbocycles. The van der Waals surface area contributed by atoms with E-state index < -0.39 is 10.0 Å². The number of aromatic nitrogens is 1. The summed E-state index contributed by atoms with van der Waals surface area (Å²) in [6.07, 6.45) is 3.01.